The van der Waals surface area contributed by atoms with E-state index in [0.29, 0.717) is 10.1 Å². The Kier molecular flexibility index (Phi) is 5.01. The summed E-state index contributed by atoms with van der Waals surface area (Å²) in [5.74, 6) is 0. The molecule has 4 aromatic rings. The van der Waals surface area contributed by atoms with Crippen LogP contribution in [0.4, 0.5) is 5.69 Å². The van der Waals surface area contributed by atoms with Crippen molar-refractivity contribution in [2.45, 2.75) is 0 Å². The number of nitrogens with one attached hydrogen (secondary N) is 2. The molecule has 0 aromatic heterocycles. The van der Waals surface area contributed by atoms with Crippen LogP contribution in [0.2, 0.25) is 5.02 Å². The van der Waals surface area contributed by atoms with Gasteiger partial charge in [-0.15, -0.1) is 0 Å². The van der Waals surface area contributed by atoms with Crippen LogP contribution in [0, 0.1) is 0 Å². The minimum atomic E-state index is 0.401. The fraction of sp³-hybridized carbons (Fsp3) is 0. The summed E-state index contributed by atoms with van der Waals surface area (Å²) < 4.78 is 0. The van der Waals surface area contributed by atoms with Gasteiger partial charge in [-0.25, -0.2) is 0 Å². The van der Waals surface area contributed by atoms with Crippen LogP contribution in [0.25, 0.3) is 21.5 Å². The molecule has 132 valence electrons. The topological polar surface area (TPSA) is 36.4 Å². The van der Waals surface area contributed by atoms with Crippen molar-refractivity contribution in [1.82, 2.24) is 5.43 Å². The first-order chi connectivity index (χ1) is 13.2. The summed E-state index contributed by atoms with van der Waals surface area (Å²) in [6.45, 7) is 0. The van der Waals surface area contributed by atoms with Crippen molar-refractivity contribution in [3.8, 4) is 0 Å². The third-order valence-corrected chi connectivity index (χ3v) is 4.68. The number of fused-ring (bicyclic) bond motifs is 2. The Labute approximate surface area is 167 Å². The Morgan fingerprint density at radius 2 is 1.52 bits per heavy atom. The van der Waals surface area contributed by atoms with E-state index in [9.17, 15) is 0 Å². The molecule has 2 N–H and O–H groups in total. The number of nitrogens with zero attached hydrogens (tertiary/aromatic N) is 1. The van der Waals surface area contributed by atoms with Gasteiger partial charge in [0, 0.05) is 16.3 Å². The second-order valence-corrected chi connectivity index (χ2v) is 6.91. The fourth-order valence-electron chi connectivity index (χ4n) is 3.07. The first kappa shape index (κ1) is 17.5. The Morgan fingerprint density at radius 1 is 0.852 bits per heavy atom. The molecule has 4 rings (SSSR count). The molecule has 0 radical (unpaired) electrons. The molecule has 0 saturated heterocycles. The highest BCUT2D eigenvalue weighted by molar-refractivity contribution is 7.80. The average molecular weight is 390 g/mol. The maximum atomic E-state index is 5.99. The number of hydrazone groups is 1. The number of benzene rings is 4. The molecule has 0 atom stereocenters. The fourth-order valence-corrected chi connectivity index (χ4v) is 3.43. The van der Waals surface area contributed by atoms with E-state index in [1.54, 1.807) is 6.07 Å². The van der Waals surface area contributed by atoms with Crippen LogP contribution in [0.1, 0.15) is 5.56 Å². The van der Waals surface area contributed by atoms with Crippen LogP contribution < -0.4 is 10.7 Å². The van der Waals surface area contributed by atoms with Crippen molar-refractivity contribution in [2.24, 2.45) is 5.10 Å². The van der Waals surface area contributed by atoms with Crippen molar-refractivity contribution in [3.63, 3.8) is 0 Å². The zero-order valence-corrected chi connectivity index (χ0v) is 15.9. The molecule has 0 fully saturated rings. The van der Waals surface area contributed by atoms with E-state index in [0.717, 1.165) is 22.0 Å². The van der Waals surface area contributed by atoms with Crippen molar-refractivity contribution >= 4 is 62.4 Å². The lowest BCUT2D eigenvalue weighted by Gasteiger charge is -2.09. The van der Waals surface area contributed by atoms with Gasteiger partial charge in [0.25, 0.3) is 0 Å². The van der Waals surface area contributed by atoms with E-state index in [-0.39, 0.29) is 0 Å². The lowest BCUT2D eigenvalue weighted by molar-refractivity contribution is 1.05. The van der Waals surface area contributed by atoms with E-state index in [1.807, 2.05) is 48.7 Å². The first-order valence-electron chi connectivity index (χ1n) is 8.47. The van der Waals surface area contributed by atoms with Gasteiger partial charge in [-0.1, -0.05) is 66.2 Å². The molecule has 3 nitrogen and oxygen atoms in total. The zero-order chi connectivity index (χ0) is 18.6. The molecule has 0 aliphatic rings. The van der Waals surface area contributed by atoms with Gasteiger partial charge in [0.1, 0.15) is 0 Å². The third kappa shape index (κ3) is 3.92. The van der Waals surface area contributed by atoms with Crippen molar-refractivity contribution in [1.29, 1.82) is 0 Å². The molecule has 0 aliphatic heterocycles. The standard InChI is InChI=1S/C22H16ClN3S/c23-17-8-5-9-18(13-17)25-22(27)26-24-14-21-19-10-3-1-6-15(19)12-16-7-2-4-11-20(16)21/h1-14H,(H2,25,26,27)/b24-14-. The Hall–Kier alpha value is -2.95. The summed E-state index contributed by atoms with van der Waals surface area (Å²) in [4.78, 5) is 0. The summed E-state index contributed by atoms with van der Waals surface area (Å²) >= 11 is 11.3. The van der Waals surface area contributed by atoms with Crippen LogP contribution in [0.15, 0.2) is 84.0 Å². The second-order valence-electron chi connectivity index (χ2n) is 6.07. The summed E-state index contributed by atoms with van der Waals surface area (Å²) in [6.07, 6.45) is 1.82. The van der Waals surface area contributed by atoms with E-state index < -0.39 is 0 Å². The molecule has 27 heavy (non-hydrogen) atoms. The Bertz CT molecular complexity index is 1120. The maximum Gasteiger partial charge on any atom is 0.191 e. The predicted octanol–water partition coefficient (Wildman–Crippen LogP) is 5.97. The lowest BCUT2D eigenvalue weighted by Crippen LogP contribution is -2.23. The Balaban J connectivity index is 1.61. The number of anilines is 1. The molecule has 4 aromatic carbocycles. The van der Waals surface area contributed by atoms with Crippen LogP contribution in [-0.4, -0.2) is 11.3 Å². The molecular weight excluding hydrogens is 374 g/mol. The molecule has 5 heteroatoms. The molecule has 0 amide bonds. The normalized spacial score (nSPS) is 11.1. The largest absolute Gasteiger partial charge is 0.331 e. The third-order valence-electron chi connectivity index (χ3n) is 4.26. The maximum absolute atomic E-state index is 5.99. The molecule has 0 bridgehead atoms. The monoisotopic (exact) mass is 389 g/mol. The minimum absolute atomic E-state index is 0.401. The van der Waals surface area contributed by atoms with E-state index >= 15 is 0 Å². The van der Waals surface area contributed by atoms with Crippen molar-refractivity contribution in [3.05, 3.63) is 89.4 Å². The number of thiocarbonyl (C=S) groups is 1. The van der Waals surface area contributed by atoms with Gasteiger partial charge in [-0.3, -0.25) is 5.43 Å². The van der Waals surface area contributed by atoms with Gasteiger partial charge in [0.2, 0.25) is 0 Å². The van der Waals surface area contributed by atoms with E-state index in [4.69, 9.17) is 23.8 Å². The molecule has 0 aliphatic carbocycles. The zero-order valence-electron chi connectivity index (χ0n) is 14.3. The molecular formula is C22H16ClN3S. The van der Waals surface area contributed by atoms with Gasteiger partial charge in [-0.2, -0.15) is 5.10 Å². The number of hydrogen-bond donors (Lipinski definition) is 2. The second kappa shape index (κ2) is 7.74. The molecule has 0 heterocycles. The summed E-state index contributed by atoms with van der Waals surface area (Å²) in [5.41, 5.74) is 4.74. The molecule has 0 spiro atoms. The van der Waals surface area contributed by atoms with Crippen molar-refractivity contribution < 1.29 is 0 Å². The number of halogens is 1. The average Bonchev–Trinajstić information content (AvgIpc) is 2.67. The van der Waals surface area contributed by atoms with Crippen LogP contribution in [-0.2, 0) is 0 Å². The lowest BCUT2D eigenvalue weighted by atomic mass is 9.97. The predicted molar refractivity (Wildman–Crippen MR) is 120 cm³/mol. The summed E-state index contributed by atoms with van der Waals surface area (Å²) in [7, 11) is 0. The molecule has 0 unspecified atom stereocenters. The number of rotatable bonds is 3. The summed E-state index contributed by atoms with van der Waals surface area (Å²) in [5, 5.41) is 13.1. The van der Waals surface area contributed by atoms with E-state index in [1.165, 1.54) is 10.8 Å². The van der Waals surface area contributed by atoms with Gasteiger partial charge >= 0.3 is 0 Å². The van der Waals surface area contributed by atoms with Crippen molar-refractivity contribution in [2.75, 3.05) is 5.32 Å². The van der Waals surface area contributed by atoms with Gasteiger partial charge in [0.05, 0.1) is 6.21 Å². The molecule has 0 saturated carbocycles. The van der Waals surface area contributed by atoms with Crippen LogP contribution >= 0.6 is 23.8 Å². The van der Waals surface area contributed by atoms with Gasteiger partial charge in [-0.05, 0) is 58.0 Å². The summed E-state index contributed by atoms with van der Waals surface area (Å²) in [6, 6.07) is 26.1. The first-order valence-corrected chi connectivity index (χ1v) is 9.25. The Morgan fingerprint density at radius 3 is 2.19 bits per heavy atom. The smallest absolute Gasteiger partial charge is 0.191 e. The highest BCUT2D eigenvalue weighted by Crippen LogP contribution is 2.27. The highest BCUT2D eigenvalue weighted by Gasteiger charge is 2.05. The van der Waals surface area contributed by atoms with Gasteiger partial charge in [0.15, 0.2) is 5.11 Å². The van der Waals surface area contributed by atoms with Crippen LogP contribution in [0.5, 0.6) is 0 Å². The minimum Gasteiger partial charge on any atom is -0.331 e. The van der Waals surface area contributed by atoms with Gasteiger partial charge < -0.3 is 5.32 Å². The van der Waals surface area contributed by atoms with Crippen LogP contribution in [0.3, 0.4) is 0 Å². The highest BCUT2D eigenvalue weighted by atomic mass is 35.5. The quantitative estimate of drug-likeness (QED) is 0.196. The number of hydrogen-bond acceptors (Lipinski definition) is 2. The van der Waals surface area contributed by atoms with E-state index in [2.05, 4.69) is 46.2 Å². The SMILES string of the molecule is S=C(N/N=C\c1c2ccccc2cc2ccccc12)Nc1cccc(Cl)c1.